The van der Waals surface area contributed by atoms with Crippen molar-refractivity contribution in [1.29, 1.82) is 0 Å². The van der Waals surface area contributed by atoms with E-state index in [1.54, 1.807) is 0 Å². The van der Waals surface area contributed by atoms with Crippen molar-refractivity contribution in [3.05, 3.63) is 46.5 Å². The van der Waals surface area contributed by atoms with Crippen LogP contribution in [0.1, 0.15) is 10.4 Å². The number of rotatable bonds is 4. The number of halogens is 5. The zero-order chi connectivity index (χ0) is 18.6. The number of carbonyl (C=O) groups is 1. The Bertz CT molecular complexity index is 766. The Morgan fingerprint density at radius 2 is 1.80 bits per heavy atom. The lowest BCUT2D eigenvalue weighted by molar-refractivity contribution is 0.0934. The van der Waals surface area contributed by atoms with E-state index in [1.807, 2.05) is 0 Å². The van der Waals surface area contributed by atoms with Gasteiger partial charge < -0.3 is 10.6 Å². The molecule has 0 aliphatic heterocycles. The van der Waals surface area contributed by atoms with Crippen LogP contribution >= 0.6 is 70.2 Å². The Morgan fingerprint density at radius 3 is 2.36 bits per heavy atom. The van der Waals surface area contributed by atoms with E-state index in [2.05, 4.69) is 26.3 Å². The number of alkyl halides is 3. The lowest BCUT2D eigenvalue weighted by Crippen LogP contribution is -2.56. The van der Waals surface area contributed by atoms with Gasteiger partial charge >= 0.3 is 0 Å². The van der Waals surface area contributed by atoms with Crippen LogP contribution in [0.15, 0.2) is 30.9 Å². The van der Waals surface area contributed by atoms with Gasteiger partial charge in [-0.15, -0.1) is 10.2 Å². The highest BCUT2D eigenvalue weighted by Gasteiger charge is 2.35. The van der Waals surface area contributed by atoms with Crippen LogP contribution in [0.25, 0.3) is 0 Å². The van der Waals surface area contributed by atoms with Crippen LogP contribution in [-0.4, -0.2) is 35.9 Å². The van der Waals surface area contributed by atoms with E-state index in [9.17, 15) is 4.79 Å². The Hall–Kier alpha value is -1.03. The second kappa shape index (κ2) is 8.57. The maximum absolute atomic E-state index is 12.4. The van der Waals surface area contributed by atoms with Crippen LogP contribution in [0.5, 0.6) is 0 Å². The first kappa shape index (κ1) is 20.3. The minimum absolute atomic E-state index is 0.0543. The predicted octanol–water partition coefficient (Wildman–Crippen LogP) is 3.13. The van der Waals surface area contributed by atoms with E-state index < -0.39 is 15.9 Å². The summed E-state index contributed by atoms with van der Waals surface area (Å²) in [5.41, 5.74) is 2.85. The third-order valence-corrected chi connectivity index (χ3v) is 4.11. The highest BCUT2D eigenvalue weighted by molar-refractivity contribution is 7.80. The average molecular weight is 463 g/mol. The molecule has 0 aliphatic rings. The smallest absolute Gasteiger partial charge is 0.254 e. The fraction of sp³-hybridized carbons (Fsp3) is 0.167. The topological polar surface area (TPSA) is 83.9 Å². The second-order valence-electron chi connectivity index (χ2n) is 4.53. The molecule has 1 atom stereocenters. The standard InChI is InChI=1S/C12H9Cl5N6OS/c13-6-1-2-7(8(14)3-6)9(24)20-10(12(15,16)17)21-11(25)22-23-4-18-19-5-23/h1-5,10H,(H,20,24)(H2,21,22,25). The lowest BCUT2D eigenvalue weighted by Gasteiger charge is -2.27. The molecule has 0 saturated heterocycles. The van der Waals surface area contributed by atoms with Crippen LogP contribution in [0.4, 0.5) is 0 Å². The minimum atomic E-state index is -1.91. The molecule has 1 heterocycles. The molecule has 1 aromatic carbocycles. The minimum Gasteiger partial charge on any atom is -0.338 e. The first-order valence-electron chi connectivity index (χ1n) is 6.41. The van der Waals surface area contributed by atoms with Gasteiger partial charge in [0.15, 0.2) is 5.11 Å². The predicted molar refractivity (Wildman–Crippen MR) is 103 cm³/mol. The zero-order valence-electron chi connectivity index (χ0n) is 12.0. The SMILES string of the molecule is O=C(NC(NC(=S)Nn1cnnc1)C(Cl)(Cl)Cl)c1ccc(Cl)cc1Cl. The van der Waals surface area contributed by atoms with Crippen molar-refractivity contribution in [1.82, 2.24) is 25.5 Å². The normalized spacial score (nSPS) is 12.4. The molecule has 1 aromatic heterocycles. The highest BCUT2D eigenvalue weighted by Crippen LogP contribution is 2.29. The quantitative estimate of drug-likeness (QED) is 0.368. The molecule has 2 rings (SSSR count). The highest BCUT2D eigenvalue weighted by atomic mass is 35.6. The number of carbonyl (C=O) groups excluding carboxylic acids is 1. The molecule has 0 aliphatic carbocycles. The largest absolute Gasteiger partial charge is 0.338 e. The molecular formula is C12H9Cl5N6OS. The monoisotopic (exact) mass is 460 g/mol. The van der Waals surface area contributed by atoms with Crippen molar-refractivity contribution >= 4 is 81.2 Å². The molecule has 1 unspecified atom stereocenters. The molecule has 0 saturated carbocycles. The van der Waals surface area contributed by atoms with E-state index in [4.69, 9.17) is 70.2 Å². The van der Waals surface area contributed by atoms with E-state index in [1.165, 1.54) is 35.5 Å². The maximum Gasteiger partial charge on any atom is 0.254 e. The van der Waals surface area contributed by atoms with Crippen LogP contribution < -0.4 is 16.1 Å². The number of aromatic nitrogens is 3. The molecule has 0 bridgehead atoms. The number of benzene rings is 1. The van der Waals surface area contributed by atoms with Gasteiger partial charge in [-0.25, -0.2) is 4.68 Å². The van der Waals surface area contributed by atoms with Crippen molar-refractivity contribution in [2.45, 2.75) is 9.96 Å². The van der Waals surface area contributed by atoms with Crippen LogP contribution in [-0.2, 0) is 0 Å². The van der Waals surface area contributed by atoms with E-state index in [-0.39, 0.29) is 15.7 Å². The summed E-state index contributed by atoms with van der Waals surface area (Å²) in [6.07, 6.45) is 1.57. The van der Waals surface area contributed by atoms with Gasteiger partial charge in [0.05, 0.1) is 10.6 Å². The first-order chi connectivity index (χ1) is 11.7. The summed E-state index contributed by atoms with van der Waals surface area (Å²) in [6, 6.07) is 4.38. The number of nitrogens with one attached hydrogen (secondary N) is 3. The second-order valence-corrected chi connectivity index (χ2v) is 8.15. The molecule has 7 nitrogen and oxygen atoms in total. The summed E-state index contributed by atoms with van der Waals surface area (Å²) >= 11 is 34.6. The Morgan fingerprint density at radius 1 is 1.16 bits per heavy atom. The average Bonchev–Trinajstić information content (AvgIpc) is 2.98. The first-order valence-corrected chi connectivity index (χ1v) is 8.71. The summed E-state index contributed by atoms with van der Waals surface area (Å²) in [6.45, 7) is 0. The number of hydrogen-bond donors (Lipinski definition) is 3. The van der Waals surface area contributed by atoms with E-state index in [0.29, 0.717) is 5.02 Å². The van der Waals surface area contributed by atoms with Crippen LogP contribution in [0.3, 0.4) is 0 Å². The van der Waals surface area contributed by atoms with E-state index in [0.717, 1.165) is 0 Å². The molecule has 134 valence electrons. The van der Waals surface area contributed by atoms with Gasteiger partial charge in [0.2, 0.25) is 3.79 Å². The number of thiocarbonyl (C=S) groups is 1. The summed E-state index contributed by atoms with van der Waals surface area (Å²) in [5, 5.41) is 13.0. The van der Waals surface area contributed by atoms with Gasteiger partial charge in [0.1, 0.15) is 18.8 Å². The molecule has 0 spiro atoms. The Kier molecular flexibility index (Phi) is 6.95. The van der Waals surface area contributed by atoms with Gasteiger partial charge in [-0.3, -0.25) is 10.2 Å². The molecule has 0 fully saturated rings. The Labute approximate surface area is 172 Å². The van der Waals surface area contributed by atoms with Gasteiger partial charge in [-0.05, 0) is 30.4 Å². The maximum atomic E-state index is 12.4. The van der Waals surface area contributed by atoms with Crippen molar-refractivity contribution in [3.63, 3.8) is 0 Å². The molecule has 3 N–H and O–H groups in total. The molecule has 1 amide bonds. The van der Waals surface area contributed by atoms with Crippen molar-refractivity contribution in [2.24, 2.45) is 0 Å². The molecule has 0 radical (unpaired) electrons. The summed E-state index contributed by atoms with van der Waals surface area (Å²) < 4.78 is -0.545. The lowest BCUT2D eigenvalue weighted by atomic mass is 10.2. The van der Waals surface area contributed by atoms with Gasteiger partial charge in [-0.1, -0.05) is 58.0 Å². The third kappa shape index (κ3) is 6.02. The summed E-state index contributed by atoms with van der Waals surface area (Å²) in [7, 11) is 0. The summed E-state index contributed by atoms with van der Waals surface area (Å²) in [5.74, 6) is -0.586. The van der Waals surface area contributed by atoms with Crippen molar-refractivity contribution < 1.29 is 4.79 Å². The van der Waals surface area contributed by atoms with Gasteiger partial charge in [0, 0.05) is 5.02 Å². The van der Waals surface area contributed by atoms with Gasteiger partial charge in [-0.2, -0.15) is 0 Å². The molecule has 25 heavy (non-hydrogen) atoms. The summed E-state index contributed by atoms with van der Waals surface area (Å²) in [4.78, 5) is 12.4. The van der Waals surface area contributed by atoms with Crippen LogP contribution in [0.2, 0.25) is 10.0 Å². The van der Waals surface area contributed by atoms with Crippen molar-refractivity contribution in [2.75, 3.05) is 5.43 Å². The van der Waals surface area contributed by atoms with Crippen molar-refractivity contribution in [3.8, 4) is 0 Å². The molecule has 2 aromatic rings. The number of hydrogen-bond acceptors (Lipinski definition) is 4. The zero-order valence-corrected chi connectivity index (χ0v) is 16.6. The Balaban J connectivity index is 2.09. The van der Waals surface area contributed by atoms with E-state index >= 15 is 0 Å². The number of nitrogens with zero attached hydrogens (tertiary/aromatic N) is 3. The van der Waals surface area contributed by atoms with Crippen LogP contribution in [0, 0.1) is 0 Å². The molecular weight excluding hydrogens is 454 g/mol. The fourth-order valence-corrected chi connectivity index (χ4v) is 2.67. The third-order valence-electron chi connectivity index (χ3n) is 2.70. The molecule has 13 heteroatoms. The number of amides is 1. The fourth-order valence-electron chi connectivity index (χ4n) is 1.62. The van der Waals surface area contributed by atoms with Gasteiger partial charge in [0.25, 0.3) is 5.91 Å².